The van der Waals surface area contributed by atoms with Crippen LogP contribution in [-0.4, -0.2) is 5.75 Å². The largest absolute Gasteiger partial charge is 0.179 e. The topological polar surface area (TPSA) is 0 Å². The molecule has 0 aliphatic heterocycles. The van der Waals surface area contributed by atoms with Crippen molar-refractivity contribution in [2.24, 2.45) is 17.8 Å². The van der Waals surface area contributed by atoms with Gasteiger partial charge in [0.05, 0.1) is 0 Å². The fraction of sp³-hybridized carbons (Fsp3) is 1.00. The van der Waals surface area contributed by atoms with Gasteiger partial charge in [0, 0.05) is 0 Å². The molecule has 0 aliphatic carbocycles. The minimum Gasteiger partial charge on any atom is -0.179 e. The van der Waals surface area contributed by atoms with Gasteiger partial charge in [0.15, 0.2) is 0 Å². The zero-order valence-electron chi connectivity index (χ0n) is 9.71. The summed E-state index contributed by atoms with van der Waals surface area (Å²) in [6, 6.07) is 0. The molecule has 0 aliphatic rings. The van der Waals surface area contributed by atoms with Crippen molar-refractivity contribution in [3.63, 3.8) is 0 Å². The molecule has 0 saturated carbocycles. The highest BCUT2D eigenvalue weighted by Gasteiger charge is 2.13. The van der Waals surface area contributed by atoms with Gasteiger partial charge in [-0.3, -0.25) is 0 Å². The minimum absolute atomic E-state index is 0.790. The number of rotatable bonds is 7. The predicted molar refractivity (Wildman–Crippen MR) is 65.5 cm³/mol. The maximum Gasteiger partial charge on any atom is -0.00720 e. The van der Waals surface area contributed by atoms with E-state index in [1.54, 1.807) is 0 Å². The molecular weight excluding hydrogens is 176 g/mol. The molecule has 0 spiro atoms. The van der Waals surface area contributed by atoms with E-state index in [9.17, 15) is 0 Å². The zero-order chi connectivity index (χ0) is 10.3. The molecule has 0 aromatic rings. The summed E-state index contributed by atoms with van der Waals surface area (Å²) < 4.78 is 0. The first-order valence-electron chi connectivity index (χ1n) is 5.70. The molecule has 0 fully saturated rings. The summed E-state index contributed by atoms with van der Waals surface area (Å²) in [5, 5.41) is 0. The van der Waals surface area contributed by atoms with E-state index >= 15 is 0 Å². The second-order valence-corrected chi connectivity index (χ2v) is 5.17. The van der Waals surface area contributed by atoms with E-state index in [1.165, 1.54) is 25.7 Å². The van der Waals surface area contributed by atoms with E-state index in [4.69, 9.17) is 0 Å². The lowest BCUT2D eigenvalue weighted by Gasteiger charge is -2.21. The molecule has 1 heteroatoms. The first-order chi connectivity index (χ1) is 6.10. The van der Waals surface area contributed by atoms with E-state index in [1.807, 2.05) is 0 Å². The quantitative estimate of drug-likeness (QED) is 0.581. The second kappa shape index (κ2) is 7.73. The Labute approximate surface area is 89.9 Å². The first kappa shape index (κ1) is 13.4. The Morgan fingerprint density at radius 2 is 1.69 bits per heavy atom. The molecule has 2 unspecified atom stereocenters. The van der Waals surface area contributed by atoms with Crippen LogP contribution in [0.3, 0.4) is 0 Å². The Kier molecular flexibility index (Phi) is 7.93. The third-order valence-corrected chi connectivity index (χ3v) is 3.17. The molecule has 0 nitrogen and oxygen atoms in total. The standard InChI is InChI=1S/C12H26S/c1-5-6-12(7-10(2)3)8-11(4)9-13/h10-13H,5-9H2,1-4H3. The van der Waals surface area contributed by atoms with Crippen molar-refractivity contribution in [1.82, 2.24) is 0 Å². The van der Waals surface area contributed by atoms with Crippen molar-refractivity contribution in [2.45, 2.75) is 53.4 Å². The van der Waals surface area contributed by atoms with Gasteiger partial charge in [0.2, 0.25) is 0 Å². The van der Waals surface area contributed by atoms with Crippen LogP contribution >= 0.6 is 12.6 Å². The highest BCUT2D eigenvalue weighted by Crippen LogP contribution is 2.24. The molecule has 0 amide bonds. The lowest BCUT2D eigenvalue weighted by Crippen LogP contribution is -2.10. The van der Waals surface area contributed by atoms with Crippen LogP contribution in [0.25, 0.3) is 0 Å². The Morgan fingerprint density at radius 1 is 1.08 bits per heavy atom. The molecule has 0 aromatic carbocycles. The maximum atomic E-state index is 4.35. The highest BCUT2D eigenvalue weighted by molar-refractivity contribution is 7.80. The first-order valence-corrected chi connectivity index (χ1v) is 6.34. The lowest BCUT2D eigenvalue weighted by molar-refractivity contribution is 0.325. The monoisotopic (exact) mass is 202 g/mol. The summed E-state index contributed by atoms with van der Waals surface area (Å²) >= 11 is 4.35. The van der Waals surface area contributed by atoms with Crippen molar-refractivity contribution >= 4 is 12.6 Å². The van der Waals surface area contributed by atoms with Gasteiger partial charge in [-0.2, -0.15) is 12.6 Å². The molecule has 0 bridgehead atoms. The molecule has 0 N–H and O–H groups in total. The molecule has 0 aromatic heterocycles. The van der Waals surface area contributed by atoms with Crippen LogP contribution in [0.4, 0.5) is 0 Å². The van der Waals surface area contributed by atoms with Crippen LogP contribution in [0.5, 0.6) is 0 Å². The van der Waals surface area contributed by atoms with Gasteiger partial charge in [-0.15, -0.1) is 0 Å². The average Bonchev–Trinajstić information content (AvgIpc) is 2.03. The van der Waals surface area contributed by atoms with Crippen molar-refractivity contribution in [1.29, 1.82) is 0 Å². The van der Waals surface area contributed by atoms with Crippen LogP contribution in [0, 0.1) is 17.8 Å². The molecule has 0 radical (unpaired) electrons. The van der Waals surface area contributed by atoms with Gasteiger partial charge >= 0.3 is 0 Å². The number of thiol groups is 1. The highest BCUT2D eigenvalue weighted by atomic mass is 32.1. The third-order valence-electron chi connectivity index (χ3n) is 2.55. The summed E-state index contributed by atoms with van der Waals surface area (Å²) in [4.78, 5) is 0. The van der Waals surface area contributed by atoms with Crippen LogP contribution < -0.4 is 0 Å². The Bertz CT molecular complexity index is 110. The summed E-state index contributed by atoms with van der Waals surface area (Å²) in [6.45, 7) is 9.26. The molecular formula is C12H26S. The lowest BCUT2D eigenvalue weighted by atomic mass is 9.86. The van der Waals surface area contributed by atoms with Crippen molar-refractivity contribution in [2.75, 3.05) is 5.75 Å². The maximum absolute atomic E-state index is 4.35. The van der Waals surface area contributed by atoms with Crippen molar-refractivity contribution in [3.05, 3.63) is 0 Å². The van der Waals surface area contributed by atoms with Gasteiger partial charge in [0.1, 0.15) is 0 Å². The van der Waals surface area contributed by atoms with E-state index < -0.39 is 0 Å². The minimum atomic E-state index is 0.790. The fourth-order valence-electron chi connectivity index (χ4n) is 2.05. The second-order valence-electron chi connectivity index (χ2n) is 4.81. The van der Waals surface area contributed by atoms with E-state index in [0.717, 1.165) is 23.5 Å². The molecule has 0 saturated heterocycles. The molecule has 0 rings (SSSR count). The van der Waals surface area contributed by atoms with Crippen molar-refractivity contribution in [3.8, 4) is 0 Å². The summed E-state index contributed by atoms with van der Waals surface area (Å²) in [5.74, 6) is 3.62. The van der Waals surface area contributed by atoms with Crippen LogP contribution in [-0.2, 0) is 0 Å². The third kappa shape index (κ3) is 7.42. The van der Waals surface area contributed by atoms with Gasteiger partial charge in [-0.05, 0) is 36.3 Å². The van der Waals surface area contributed by atoms with Crippen LogP contribution in [0.1, 0.15) is 53.4 Å². The van der Waals surface area contributed by atoms with Crippen LogP contribution in [0.15, 0.2) is 0 Å². The number of hydrogen-bond donors (Lipinski definition) is 1. The summed E-state index contributed by atoms with van der Waals surface area (Å²) in [5.41, 5.74) is 0. The normalized spacial score (nSPS) is 16.2. The van der Waals surface area contributed by atoms with E-state index in [0.29, 0.717) is 0 Å². The summed E-state index contributed by atoms with van der Waals surface area (Å²) in [7, 11) is 0. The smallest absolute Gasteiger partial charge is 0.00720 e. The molecule has 0 heterocycles. The van der Waals surface area contributed by atoms with Gasteiger partial charge in [-0.1, -0.05) is 40.5 Å². The van der Waals surface area contributed by atoms with E-state index in [2.05, 4.69) is 40.3 Å². The van der Waals surface area contributed by atoms with Crippen molar-refractivity contribution < 1.29 is 0 Å². The predicted octanol–water partition coefficient (Wildman–Crippen LogP) is 4.40. The zero-order valence-corrected chi connectivity index (χ0v) is 10.6. The Balaban J connectivity index is 3.78. The molecule has 13 heavy (non-hydrogen) atoms. The Hall–Kier alpha value is 0.350. The fourth-order valence-corrected chi connectivity index (χ4v) is 2.20. The van der Waals surface area contributed by atoms with E-state index in [-0.39, 0.29) is 0 Å². The Morgan fingerprint density at radius 3 is 2.08 bits per heavy atom. The van der Waals surface area contributed by atoms with Crippen LogP contribution in [0.2, 0.25) is 0 Å². The average molecular weight is 202 g/mol. The summed E-state index contributed by atoms with van der Waals surface area (Å²) in [6.07, 6.45) is 5.49. The van der Waals surface area contributed by atoms with Gasteiger partial charge in [-0.25, -0.2) is 0 Å². The number of hydrogen-bond acceptors (Lipinski definition) is 1. The van der Waals surface area contributed by atoms with Gasteiger partial charge in [0.25, 0.3) is 0 Å². The van der Waals surface area contributed by atoms with Gasteiger partial charge < -0.3 is 0 Å². The molecule has 80 valence electrons. The SMILES string of the molecule is CCCC(CC(C)C)CC(C)CS. The molecule has 2 atom stereocenters.